The fraction of sp³-hybridized carbons (Fsp3) is 0. The second-order valence-corrected chi connectivity index (χ2v) is 2.56. The molecule has 0 fully saturated rings. The average Bonchev–Trinajstić information content (AvgIpc) is 2.32. The summed E-state index contributed by atoms with van der Waals surface area (Å²) in [5, 5.41) is 9.60. The van der Waals surface area contributed by atoms with Crippen LogP contribution in [0.3, 0.4) is 0 Å². The molecular formula is C7H4ClNO2. The number of rotatable bonds is 0. The van der Waals surface area contributed by atoms with E-state index < -0.39 is 0 Å². The van der Waals surface area contributed by atoms with Crippen LogP contribution in [0.5, 0.6) is 5.75 Å². The topological polar surface area (TPSA) is 46.3 Å². The van der Waals surface area contributed by atoms with Crippen molar-refractivity contribution >= 4 is 22.7 Å². The van der Waals surface area contributed by atoms with E-state index in [2.05, 4.69) is 4.98 Å². The summed E-state index contributed by atoms with van der Waals surface area (Å²) in [7, 11) is 0. The van der Waals surface area contributed by atoms with Crippen LogP contribution in [0.4, 0.5) is 0 Å². The van der Waals surface area contributed by atoms with E-state index in [-0.39, 0.29) is 5.75 Å². The summed E-state index contributed by atoms with van der Waals surface area (Å²) < 4.78 is 4.93. The molecule has 0 radical (unpaired) electrons. The zero-order valence-electron chi connectivity index (χ0n) is 5.41. The van der Waals surface area contributed by atoms with Gasteiger partial charge in [-0.05, 0) is 0 Å². The summed E-state index contributed by atoms with van der Waals surface area (Å²) in [5.74, 6) is 0.0386. The van der Waals surface area contributed by atoms with Crippen LogP contribution in [-0.2, 0) is 0 Å². The predicted octanol–water partition coefficient (Wildman–Crippen LogP) is 2.19. The van der Waals surface area contributed by atoms with Crippen LogP contribution in [0.2, 0.25) is 5.02 Å². The second-order valence-electron chi connectivity index (χ2n) is 2.12. The molecule has 0 aliphatic carbocycles. The van der Waals surface area contributed by atoms with E-state index >= 15 is 0 Å². The van der Waals surface area contributed by atoms with Crippen LogP contribution in [0.1, 0.15) is 0 Å². The van der Waals surface area contributed by atoms with Crippen molar-refractivity contribution in [2.24, 2.45) is 0 Å². The summed E-state index contributed by atoms with van der Waals surface area (Å²) in [6.07, 6.45) is 2.69. The highest BCUT2D eigenvalue weighted by molar-refractivity contribution is 6.31. The zero-order valence-corrected chi connectivity index (χ0v) is 6.17. The molecule has 0 unspecified atom stereocenters. The van der Waals surface area contributed by atoms with Gasteiger partial charge in [-0.15, -0.1) is 0 Å². The van der Waals surface area contributed by atoms with Crippen LogP contribution in [0.15, 0.2) is 22.9 Å². The van der Waals surface area contributed by atoms with E-state index in [0.717, 1.165) is 0 Å². The van der Waals surface area contributed by atoms with E-state index in [1.165, 1.54) is 12.5 Å². The molecule has 0 saturated heterocycles. The van der Waals surface area contributed by atoms with Gasteiger partial charge in [0.05, 0.1) is 5.02 Å². The second kappa shape index (κ2) is 2.13. The molecular weight excluding hydrogens is 166 g/mol. The summed E-state index contributed by atoms with van der Waals surface area (Å²) >= 11 is 5.62. The molecule has 0 aliphatic heterocycles. The van der Waals surface area contributed by atoms with E-state index in [1.807, 2.05) is 0 Å². The molecule has 0 amide bonds. The van der Waals surface area contributed by atoms with E-state index in [1.54, 1.807) is 6.07 Å². The van der Waals surface area contributed by atoms with Gasteiger partial charge in [-0.3, -0.25) is 0 Å². The Bertz CT molecular complexity index is 396. The van der Waals surface area contributed by atoms with Crippen molar-refractivity contribution in [3.05, 3.63) is 23.5 Å². The van der Waals surface area contributed by atoms with E-state index in [0.29, 0.717) is 16.1 Å². The first kappa shape index (κ1) is 6.49. The first-order valence-electron chi connectivity index (χ1n) is 2.99. The minimum absolute atomic E-state index is 0.0386. The van der Waals surface area contributed by atoms with Crippen molar-refractivity contribution < 1.29 is 9.52 Å². The van der Waals surface area contributed by atoms with Gasteiger partial charge in [0.1, 0.15) is 6.26 Å². The Kier molecular flexibility index (Phi) is 1.26. The summed E-state index contributed by atoms with van der Waals surface area (Å²) in [5.41, 5.74) is 0.935. The fourth-order valence-electron chi connectivity index (χ4n) is 0.878. The molecule has 2 rings (SSSR count). The molecule has 3 nitrogen and oxygen atoms in total. The molecule has 11 heavy (non-hydrogen) atoms. The number of fused-ring (bicyclic) bond motifs is 1. The Morgan fingerprint density at radius 1 is 1.55 bits per heavy atom. The van der Waals surface area contributed by atoms with Crippen molar-refractivity contribution in [1.82, 2.24) is 4.98 Å². The molecule has 0 spiro atoms. The van der Waals surface area contributed by atoms with Gasteiger partial charge in [-0.25, -0.2) is 4.98 Å². The quantitative estimate of drug-likeness (QED) is 0.658. The van der Waals surface area contributed by atoms with Crippen LogP contribution in [0.25, 0.3) is 11.1 Å². The molecule has 56 valence electrons. The Balaban J connectivity index is 2.86. The molecule has 2 aromatic rings. The van der Waals surface area contributed by atoms with Gasteiger partial charge in [0.15, 0.2) is 16.8 Å². The third-order valence-electron chi connectivity index (χ3n) is 1.36. The normalized spacial score (nSPS) is 10.6. The lowest BCUT2D eigenvalue weighted by atomic mass is 10.4. The third-order valence-corrected chi connectivity index (χ3v) is 1.57. The Labute approximate surface area is 67.2 Å². The maximum atomic E-state index is 9.10. The molecule has 2 aromatic heterocycles. The SMILES string of the molecule is Oc1coc2cc(Cl)cnc12. The lowest BCUT2D eigenvalue weighted by Gasteiger charge is -1.87. The zero-order chi connectivity index (χ0) is 7.84. The maximum Gasteiger partial charge on any atom is 0.180 e. The van der Waals surface area contributed by atoms with Gasteiger partial charge < -0.3 is 9.52 Å². The van der Waals surface area contributed by atoms with Crippen LogP contribution in [-0.4, -0.2) is 10.1 Å². The Hall–Kier alpha value is -1.22. The van der Waals surface area contributed by atoms with Crippen molar-refractivity contribution in [3.63, 3.8) is 0 Å². The highest BCUT2D eigenvalue weighted by Gasteiger charge is 2.04. The number of hydrogen-bond donors (Lipinski definition) is 1. The largest absolute Gasteiger partial charge is 0.503 e. The predicted molar refractivity (Wildman–Crippen MR) is 40.7 cm³/mol. The molecule has 0 aromatic carbocycles. The monoisotopic (exact) mass is 169 g/mol. The lowest BCUT2D eigenvalue weighted by Crippen LogP contribution is -1.71. The highest BCUT2D eigenvalue weighted by Crippen LogP contribution is 2.25. The molecule has 0 atom stereocenters. The number of hydrogen-bond acceptors (Lipinski definition) is 3. The van der Waals surface area contributed by atoms with Gasteiger partial charge in [0.2, 0.25) is 0 Å². The van der Waals surface area contributed by atoms with Gasteiger partial charge in [-0.1, -0.05) is 11.6 Å². The number of pyridine rings is 1. The average molecular weight is 170 g/mol. The van der Waals surface area contributed by atoms with Crippen molar-refractivity contribution in [2.45, 2.75) is 0 Å². The molecule has 2 heterocycles. The maximum absolute atomic E-state index is 9.10. The van der Waals surface area contributed by atoms with Crippen molar-refractivity contribution in [3.8, 4) is 5.75 Å². The third kappa shape index (κ3) is 0.935. The number of halogens is 1. The highest BCUT2D eigenvalue weighted by atomic mass is 35.5. The standard InChI is InChI=1S/C7H4ClNO2/c8-4-1-6-7(9-2-4)5(10)3-11-6/h1-3,10H. The first-order chi connectivity index (χ1) is 5.27. The summed E-state index contributed by atoms with van der Waals surface area (Å²) in [6.45, 7) is 0. The molecule has 0 saturated carbocycles. The summed E-state index contributed by atoms with van der Waals surface area (Å²) in [4.78, 5) is 3.86. The molecule has 0 bridgehead atoms. The first-order valence-corrected chi connectivity index (χ1v) is 3.37. The molecule has 4 heteroatoms. The Morgan fingerprint density at radius 2 is 2.36 bits per heavy atom. The van der Waals surface area contributed by atoms with Crippen LogP contribution in [0, 0.1) is 0 Å². The van der Waals surface area contributed by atoms with Crippen molar-refractivity contribution in [1.29, 1.82) is 0 Å². The number of aromatic hydroxyl groups is 1. The van der Waals surface area contributed by atoms with Gasteiger partial charge >= 0.3 is 0 Å². The molecule has 0 aliphatic rings. The van der Waals surface area contributed by atoms with Crippen LogP contribution < -0.4 is 0 Å². The van der Waals surface area contributed by atoms with Crippen molar-refractivity contribution in [2.75, 3.05) is 0 Å². The number of aromatic nitrogens is 1. The minimum atomic E-state index is 0.0386. The molecule has 1 N–H and O–H groups in total. The Morgan fingerprint density at radius 3 is 3.18 bits per heavy atom. The van der Waals surface area contributed by atoms with E-state index in [4.69, 9.17) is 21.1 Å². The summed E-state index contributed by atoms with van der Waals surface area (Å²) in [6, 6.07) is 1.60. The van der Waals surface area contributed by atoms with Gasteiger partial charge in [0, 0.05) is 12.3 Å². The number of nitrogens with zero attached hydrogens (tertiary/aromatic N) is 1. The van der Waals surface area contributed by atoms with Crippen LogP contribution >= 0.6 is 11.6 Å². The van der Waals surface area contributed by atoms with E-state index in [9.17, 15) is 0 Å². The number of furan rings is 1. The van der Waals surface area contributed by atoms with Gasteiger partial charge in [0.25, 0.3) is 0 Å². The lowest BCUT2D eigenvalue weighted by molar-refractivity contribution is 0.464. The minimum Gasteiger partial charge on any atom is -0.503 e. The van der Waals surface area contributed by atoms with Gasteiger partial charge in [-0.2, -0.15) is 0 Å². The smallest absolute Gasteiger partial charge is 0.180 e. The fourth-order valence-corrected chi connectivity index (χ4v) is 1.03.